The Morgan fingerprint density at radius 2 is 2.20 bits per heavy atom. The molecule has 0 spiro atoms. The van der Waals surface area contributed by atoms with Crippen LogP contribution in [0.2, 0.25) is 0 Å². The third kappa shape index (κ3) is 4.29. The average Bonchev–Trinajstić information content (AvgIpc) is 2.54. The molecule has 6 heteroatoms. The molecule has 1 aromatic rings. The topological polar surface area (TPSA) is 49.4 Å². The predicted octanol–water partition coefficient (Wildman–Crippen LogP) is 0.900. The van der Waals surface area contributed by atoms with E-state index in [2.05, 4.69) is 4.72 Å². The summed E-state index contributed by atoms with van der Waals surface area (Å²) in [4.78, 5) is 3.17. The van der Waals surface area contributed by atoms with E-state index in [0.29, 0.717) is 6.54 Å². The fraction of sp³-hybridized carbons (Fsp3) is 0.556. The largest absolute Gasteiger partial charge is 0.300 e. The molecule has 1 unspecified atom stereocenters. The highest BCUT2D eigenvalue weighted by Gasteiger charge is 2.16. The van der Waals surface area contributed by atoms with Crippen LogP contribution >= 0.6 is 11.3 Å². The minimum atomic E-state index is -3.12. The Labute approximate surface area is 95.0 Å². The van der Waals surface area contributed by atoms with Crippen LogP contribution < -0.4 is 4.72 Å². The molecule has 4 nitrogen and oxygen atoms in total. The van der Waals surface area contributed by atoms with Crippen LogP contribution in [-0.4, -0.2) is 40.2 Å². The summed E-state index contributed by atoms with van der Waals surface area (Å²) in [6.45, 7) is 0.409. The monoisotopic (exact) mass is 248 g/mol. The summed E-state index contributed by atoms with van der Waals surface area (Å²) < 4.78 is 24.5. The first-order chi connectivity index (χ1) is 6.90. The molecule has 1 aromatic heterocycles. The van der Waals surface area contributed by atoms with E-state index < -0.39 is 10.0 Å². The van der Waals surface area contributed by atoms with Gasteiger partial charge in [0.25, 0.3) is 0 Å². The van der Waals surface area contributed by atoms with Crippen LogP contribution in [0.4, 0.5) is 0 Å². The van der Waals surface area contributed by atoms with Gasteiger partial charge in [-0.2, -0.15) is 0 Å². The first kappa shape index (κ1) is 12.6. The van der Waals surface area contributed by atoms with Gasteiger partial charge in [0.1, 0.15) is 0 Å². The van der Waals surface area contributed by atoms with Crippen molar-refractivity contribution in [2.45, 2.75) is 6.04 Å². The minimum absolute atomic E-state index is 0.0970. The van der Waals surface area contributed by atoms with Crippen molar-refractivity contribution in [1.82, 2.24) is 9.62 Å². The maximum Gasteiger partial charge on any atom is 0.208 e. The number of rotatable bonds is 5. The van der Waals surface area contributed by atoms with Crippen LogP contribution in [0.15, 0.2) is 17.5 Å². The molecule has 0 saturated heterocycles. The van der Waals surface area contributed by atoms with E-state index >= 15 is 0 Å². The van der Waals surface area contributed by atoms with Gasteiger partial charge in [-0.1, -0.05) is 6.07 Å². The van der Waals surface area contributed by atoms with Gasteiger partial charge in [-0.3, -0.25) is 0 Å². The van der Waals surface area contributed by atoms with Gasteiger partial charge < -0.3 is 4.90 Å². The number of nitrogens with zero attached hydrogens (tertiary/aromatic N) is 1. The summed E-state index contributed by atoms with van der Waals surface area (Å²) in [6, 6.07) is 4.08. The van der Waals surface area contributed by atoms with E-state index in [1.807, 2.05) is 36.5 Å². The molecule has 0 aliphatic carbocycles. The minimum Gasteiger partial charge on any atom is -0.300 e. The van der Waals surface area contributed by atoms with Crippen LogP contribution in [0.1, 0.15) is 10.9 Å². The van der Waals surface area contributed by atoms with Crippen LogP contribution in [0.3, 0.4) is 0 Å². The third-order valence-electron chi connectivity index (χ3n) is 2.03. The summed E-state index contributed by atoms with van der Waals surface area (Å²) in [5.74, 6) is 0. The van der Waals surface area contributed by atoms with Gasteiger partial charge in [0, 0.05) is 11.4 Å². The van der Waals surface area contributed by atoms with Gasteiger partial charge >= 0.3 is 0 Å². The van der Waals surface area contributed by atoms with Crippen molar-refractivity contribution in [3.8, 4) is 0 Å². The molecule has 1 N–H and O–H groups in total. The Morgan fingerprint density at radius 1 is 1.53 bits per heavy atom. The smallest absolute Gasteiger partial charge is 0.208 e. The second kappa shape index (κ2) is 5.07. The van der Waals surface area contributed by atoms with Crippen molar-refractivity contribution in [3.05, 3.63) is 22.4 Å². The molecule has 0 aromatic carbocycles. The second-order valence-electron chi connectivity index (χ2n) is 3.62. The zero-order valence-electron chi connectivity index (χ0n) is 9.10. The molecule has 15 heavy (non-hydrogen) atoms. The molecule has 0 radical (unpaired) electrons. The molecule has 0 bridgehead atoms. The molecule has 0 fully saturated rings. The summed E-state index contributed by atoms with van der Waals surface area (Å²) in [6.07, 6.45) is 1.17. The van der Waals surface area contributed by atoms with E-state index in [0.717, 1.165) is 4.88 Å². The lowest BCUT2D eigenvalue weighted by Gasteiger charge is -2.23. The lowest BCUT2D eigenvalue weighted by atomic mass is 10.2. The normalized spacial score (nSPS) is 14.4. The second-order valence-corrected chi connectivity index (χ2v) is 6.43. The first-order valence-corrected chi connectivity index (χ1v) is 7.32. The highest BCUT2D eigenvalue weighted by Crippen LogP contribution is 2.22. The first-order valence-electron chi connectivity index (χ1n) is 4.54. The number of hydrogen-bond acceptors (Lipinski definition) is 4. The summed E-state index contributed by atoms with van der Waals surface area (Å²) in [5, 5.41) is 1.99. The van der Waals surface area contributed by atoms with E-state index in [1.165, 1.54) is 6.26 Å². The molecule has 0 aliphatic heterocycles. The van der Waals surface area contributed by atoms with Crippen LogP contribution in [0.5, 0.6) is 0 Å². The average molecular weight is 248 g/mol. The van der Waals surface area contributed by atoms with Crippen molar-refractivity contribution < 1.29 is 8.42 Å². The van der Waals surface area contributed by atoms with E-state index in [4.69, 9.17) is 0 Å². The molecule has 1 rings (SSSR count). The molecular weight excluding hydrogens is 232 g/mol. The van der Waals surface area contributed by atoms with Gasteiger partial charge in [-0.15, -0.1) is 11.3 Å². The van der Waals surface area contributed by atoms with E-state index in [9.17, 15) is 8.42 Å². The highest BCUT2D eigenvalue weighted by molar-refractivity contribution is 7.88. The summed E-state index contributed by atoms with van der Waals surface area (Å²) >= 11 is 1.63. The quantitative estimate of drug-likeness (QED) is 0.842. The Hall–Kier alpha value is -0.430. The van der Waals surface area contributed by atoms with Crippen molar-refractivity contribution in [1.29, 1.82) is 0 Å². The number of thiophene rings is 1. The van der Waals surface area contributed by atoms with Gasteiger partial charge in [-0.05, 0) is 25.5 Å². The highest BCUT2D eigenvalue weighted by atomic mass is 32.2. The Kier molecular flexibility index (Phi) is 4.27. The molecule has 86 valence electrons. The van der Waals surface area contributed by atoms with E-state index in [1.54, 1.807) is 11.3 Å². The number of hydrogen-bond donors (Lipinski definition) is 1. The van der Waals surface area contributed by atoms with Crippen molar-refractivity contribution >= 4 is 21.4 Å². The number of sulfonamides is 1. The molecule has 1 heterocycles. The van der Waals surface area contributed by atoms with Crippen LogP contribution in [0.25, 0.3) is 0 Å². The maximum atomic E-state index is 11.0. The zero-order valence-corrected chi connectivity index (χ0v) is 10.7. The molecule has 1 atom stereocenters. The summed E-state index contributed by atoms with van der Waals surface area (Å²) in [7, 11) is 0.762. The Balaban J connectivity index is 2.69. The number of nitrogens with one attached hydrogen (secondary N) is 1. The van der Waals surface area contributed by atoms with Gasteiger partial charge in [0.15, 0.2) is 0 Å². The van der Waals surface area contributed by atoms with Gasteiger partial charge in [-0.25, -0.2) is 13.1 Å². The standard InChI is InChI=1S/C9H16N2O2S2/c1-11(2)8(7-10-15(3,12)13)9-5-4-6-14-9/h4-6,8,10H,7H2,1-3H3. The van der Waals surface area contributed by atoms with Crippen molar-refractivity contribution in [2.24, 2.45) is 0 Å². The fourth-order valence-corrected chi connectivity index (χ4v) is 2.63. The number of likely N-dealkylation sites (N-methyl/N-ethyl adjacent to an activating group) is 1. The van der Waals surface area contributed by atoms with E-state index in [-0.39, 0.29) is 6.04 Å². The molecule has 0 aliphatic rings. The zero-order chi connectivity index (χ0) is 11.5. The lowest BCUT2D eigenvalue weighted by molar-refractivity contribution is 0.304. The third-order valence-corrected chi connectivity index (χ3v) is 3.70. The van der Waals surface area contributed by atoms with Crippen LogP contribution in [0, 0.1) is 0 Å². The predicted molar refractivity (Wildman–Crippen MR) is 63.6 cm³/mol. The molecule has 0 saturated carbocycles. The van der Waals surface area contributed by atoms with Crippen molar-refractivity contribution in [3.63, 3.8) is 0 Å². The SMILES string of the molecule is CN(C)C(CNS(C)(=O)=O)c1cccs1. The Bertz CT molecular complexity index is 384. The molecular formula is C9H16N2O2S2. The van der Waals surface area contributed by atoms with Crippen molar-refractivity contribution in [2.75, 3.05) is 26.9 Å². The summed E-state index contributed by atoms with van der Waals surface area (Å²) in [5.41, 5.74) is 0. The maximum absolute atomic E-state index is 11.0. The van der Waals surface area contributed by atoms with Gasteiger partial charge in [0.2, 0.25) is 10.0 Å². The van der Waals surface area contributed by atoms with Crippen LogP contribution in [-0.2, 0) is 10.0 Å². The van der Waals surface area contributed by atoms with Gasteiger partial charge in [0.05, 0.1) is 12.3 Å². The molecule has 0 amide bonds. The lowest BCUT2D eigenvalue weighted by Crippen LogP contribution is -2.33. The Morgan fingerprint density at radius 3 is 2.60 bits per heavy atom. The fourth-order valence-electron chi connectivity index (χ4n) is 1.25.